The van der Waals surface area contributed by atoms with Gasteiger partial charge in [-0.15, -0.1) is 0 Å². The zero-order chi connectivity index (χ0) is 23.6. The minimum Gasteiger partial charge on any atom is -0.492 e. The van der Waals surface area contributed by atoms with Gasteiger partial charge in [0.05, 0.1) is 0 Å². The molecular weight excluding hydrogens is 434 g/mol. The summed E-state index contributed by atoms with van der Waals surface area (Å²) in [5.41, 5.74) is 1.81. The Morgan fingerprint density at radius 1 is 1.21 bits per heavy atom. The molecule has 180 valence electrons. The van der Waals surface area contributed by atoms with E-state index in [1.807, 2.05) is 36.4 Å². The molecule has 9 nitrogen and oxygen atoms in total. The van der Waals surface area contributed by atoms with E-state index in [9.17, 15) is 4.79 Å². The van der Waals surface area contributed by atoms with Crippen molar-refractivity contribution < 1.29 is 18.8 Å². The number of ether oxygens (including phenoxy) is 2. The van der Waals surface area contributed by atoms with E-state index in [1.54, 1.807) is 12.4 Å². The Hall–Kier alpha value is -3.30. The molecule has 0 unspecified atom stereocenters. The summed E-state index contributed by atoms with van der Waals surface area (Å²) < 4.78 is 16.6. The first-order valence-electron chi connectivity index (χ1n) is 11.7. The summed E-state index contributed by atoms with van der Waals surface area (Å²) in [7, 11) is 2.14. The van der Waals surface area contributed by atoms with E-state index in [0.717, 1.165) is 49.5 Å². The molecule has 0 atom stereocenters. The van der Waals surface area contributed by atoms with Crippen LogP contribution in [0.2, 0.25) is 0 Å². The van der Waals surface area contributed by atoms with Crippen LogP contribution in [-0.2, 0) is 22.5 Å². The molecule has 0 spiro atoms. The maximum absolute atomic E-state index is 12.3. The third kappa shape index (κ3) is 7.10. The van der Waals surface area contributed by atoms with Crippen molar-refractivity contribution in [1.82, 2.24) is 25.3 Å². The molecule has 1 aromatic carbocycles. The number of nitrogens with zero attached hydrogens (tertiary/aromatic N) is 4. The largest absolute Gasteiger partial charge is 0.492 e. The van der Waals surface area contributed by atoms with Crippen LogP contribution in [0.1, 0.15) is 30.7 Å². The van der Waals surface area contributed by atoms with Crippen molar-refractivity contribution in [1.29, 1.82) is 0 Å². The van der Waals surface area contributed by atoms with Crippen molar-refractivity contribution in [3.8, 4) is 17.1 Å². The van der Waals surface area contributed by atoms with Gasteiger partial charge in [0.1, 0.15) is 12.4 Å². The fourth-order valence-electron chi connectivity index (χ4n) is 3.85. The van der Waals surface area contributed by atoms with E-state index < -0.39 is 0 Å². The first-order chi connectivity index (χ1) is 16.7. The molecule has 1 saturated heterocycles. The third-order valence-electron chi connectivity index (χ3n) is 5.89. The third-order valence-corrected chi connectivity index (χ3v) is 5.89. The molecule has 0 saturated carbocycles. The number of benzene rings is 1. The first kappa shape index (κ1) is 23.8. The lowest BCUT2D eigenvalue weighted by atomic mass is 10.1. The number of hydrogen-bond donors (Lipinski definition) is 1. The summed E-state index contributed by atoms with van der Waals surface area (Å²) in [5.74, 6) is 1.66. The van der Waals surface area contributed by atoms with Crippen LogP contribution in [0.5, 0.6) is 5.75 Å². The van der Waals surface area contributed by atoms with Gasteiger partial charge in [-0.05, 0) is 49.7 Å². The molecule has 2 aromatic heterocycles. The van der Waals surface area contributed by atoms with E-state index in [0.29, 0.717) is 37.3 Å². The van der Waals surface area contributed by atoms with E-state index in [1.165, 1.54) is 0 Å². The number of carbonyl (C=O) groups excluding carboxylic acids is 1. The number of aryl methyl sites for hydroxylation is 1. The van der Waals surface area contributed by atoms with Gasteiger partial charge in [0.15, 0.2) is 0 Å². The van der Waals surface area contributed by atoms with Crippen LogP contribution in [0.25, 0.3) is 11.4 Å². The van der Waals surface area contributed by atoms with Crippen molar-refractivity contribution in [2.75, 3.05) is 33.4 Å². The minimum absolute atomic E-state index is 0.0759. The Kier molecular flexibility index (Phi) is 8.59. The Morgan fingerprint density at radius 3 is 2.85 bits per heavy atom. The van der Waals surface area contributed by atoms with E-state index in [2.05, 4.69) is 32.4 Å². The van der Waals surface area contributed by atoms with Gasteiger partial charge in [-0.25, -0.2) is 0 Å². The maximum Gasteiger partial charge on any atom is 0.227 e. The average molecular weight is 466 g/mol. The minimum atomic E-state index is -0.0759. The first-order valence-corrected chi connectivity index (χ1v) is 11.7. The summed E-state index contributed by atoms with van der Waals surface area (Å²) in [6, 6.07) is 12.0. The summed E-state index contributed by atoms with van der Waals surface area (Å²) in [5, 5.41) is 6.90. The summed E-state index contributed by atoms with van der Waals surface area (Å²) >= 11 is 0. The Balaban J connectivity index is 1.17. The van der Waals surface area contributed by atoms with Gasteiger partial charge in [-0.1, -0.05) is 17.3 Å². The second-order valence-corrected chi connectivity index (χ2v) is 8.34. The van der Waals surface area contributed by atoms with Crippen molar-refractivity contribution >= 4 is 5.91 Å². The molecule has 0 aliphatic carbocycles. The van der Waals surface area contributed by atoms with Gasteiger partial charge in [0, 0.05) is 63.1 Å². The predicted octanol–water partition coefficient (Wildman–Crippen LogP) is 2.87. The predicted molar refractivity (Wildman–Crippen MR) is 126 cm³/mol. The molecular formula is C25H31N5O4. The molecule has 0 bridgehead atoms. The number of likely N-dealkylation sites (N-methyl/N-ethyl adjacent to an activating group) is 1. The average Bonchev–Trinajstić information content (AvgIpc) is 3.37. The lowest BCUT2D eigenvalue weighted by Crippen LogP contribution is -2.38. The zero-order valence-electron chi connectivity index (χ0n) is 19.5. The van der Waals surface area contributed by atoms with Crippen molar-refractivity contribution in [3.05, 3.63) is 60.2 Å². The number of rotatable bonds is 11. The fraction of sp³-hybridized carbons (Fsp3) is 0.440. The van der Waals surface area contributed by atoms with Crippen LogP contribution < -0.4 is 10.1 Å². The number of hydrogen-bond acceptors (Lipinski definition) is 8. The van der Waals surface area contributed by atoms with Crippen molar-refractivity contribution in [3.63, 3.8) is 0 Å². The van der Waals surface area contributed by atoms with E-state index in [4.69, 9.17) is 14.0 Å². The Morgan fingerprint density at radius 2 is 2.03 bits per heavy atom. The van der Waals surface area contributed by atoms with Crippen LogP contribution in [0.3, 0.4) is 0 Å². The van der Waals surface area contributed by atoms with Crippen LogP contribution in [0, 0.1) is 0 Å². The fourth-order valence-corrected chi connectivity index (χ4v) is 3.85. The van der Waals surface area contributed by atoms with Gasteiger partial charge in [-0.3, -0.25) is 14.7 Å². The SMILES string of the molecule is CN(CCOc1cccc(CNC(=O)CCc2nc(-c3ccncc3)no2)c1)C1CCOCC1. The lowest BCUT2D eigenvalue weighted by Gasteiger charge is -2.31. The van der Waals surface area contributed by atoms with Gasteiger partial charge in [0.2, 0.25) is 17.6 Å². The molecule has 4 rings (SSSR count). The molecule has 1 aliphatic heterocycles. The molecule has 1 aliphatic rings. The molecule has 0 radical (unpaired) electrons. The highest BCUT2D eigenvalue weighted by Gasteiger charge is 2.18. The molecule has 1 fully saturated rings. The maximum atomic E-state index is 12.3. The smallest absolute Gasteiger partial charge is 0.227 e. The number of carbonyl (C=O) groups is 1. The zero-order valence-corrected chi connectivity index (χ0v) is 19.5. The lowest BCUT2D eigenvalue weighted by molar-refractivity contribution is -0.121. The standard InChI is InChI=1S/C25H31N5O4/c1-30(21-9-14-32-15-10-21)13-16-33-22-4-2-3-19(17-22)18-27-23(31)5-6-24-28-25(29-34-24)20-7-11-26-12-8-20/h2-4,7-8,11-12,17,21H,5-6,9-10,13-16,18H2,1H3,(H,27,31). The monoisotopic (exact) mass is 465 g/mol. The second-order valence-electron chi connectivity index (χ2n) is 8.34. The van der Waals surface area contributed by atoms with Gasteiger partial charge < -0.3 is 19.3 Å². The van der Waals surface area contributed by atoms with Gasteiger partial charge >= 0.3 is 0 Å². The molecule has 1 amide bonds. The quantitative estimate of drug-likeness (QED) is 0.461. The molecule has 1 N–H and O–H groups in total. The highest BCUT2D eigenvalue weighted by Crippen LogP contribution is 2.16. The van der Waals surface area contributed by atoms with Crippen LogP contribution >= 0.6 is 0 Å². The van der Waals surface area contributed by atoms with Gasteiger partial charge in [-0.2, -0.15) is 4.98 Å². The number of aromatic nitrogens is 3. The molecule has 9 heteroatoms. The normalized spacial score (nSPS) is 14.3. The molecule has 34 heavy (non-hydrogen) atoms. The summed E-state index contributed by atoms with van der Waals surface area (Å²) in [6.07, 6.45) is 6.14. The van der Waals surface area contributed by atoms with E-state index in [-0.39, 0.29) is 12.3 Å². The Bertz CT molecular complexity index is 1040. The van der Waals surface area contributed by atoms with Crippen LogP contribution in [0.4, 0.5) is 0 Å². The number of pyridine rings is 1. The van der Waals surface area contributed by atoms with Gasteiger partial charge in [0.25, 0.3) is 0 Å². The summed E-state index contributed by atoms with van der Waals surface area (Å²) in [4.78, 5) is 23.0. The highest BCUT2D eigenvalue weighted by atomic mass is 16.5. The number of nitrogens with one attached hydrogen (secondary N) is 1. The molecule has 3 heterocycles. The molecule has 3 aromatic rings. The van der Waals surface area contributed by atoms with E-state index >= 15 is 0 Å². The topological polar surface area (TPSA) is 103 Å². The van der Waals surface area contributed by atoms with Crippen molar-refractivity contribution in [2.45, 2.75) is 38.3 Å². The highest BCUT2D eigenvalue weighted by molar-refractivity contribution is 5.76. The summed E-state index contributed by atoms with van der Waals surface area (Å²) in [6.45, 7) is 3.60. The Labute approximate surface area is 199 Å². The van der Waals surface area contributed by atoms with Crippen molar-refractivity contribution in [2.24, 2.45) is 0 Å². The van der Waals surface area contributed by atoms with Crippen LogP contribution in [0.15, 0.2) is 53.3 Å². The second kappa shape index (κ2) is 12.2. The number of amides is 1. The van der Waals surface area contributed by atoms with Crippen LogP contribution in [-0.4, -0.2) is 65.4 Å².